The number of amides is 2. The summed E-state index contributed by atoms with van der Waals surface area (Å²) in [6.45, 7) is 1.96. The van der Waals surface area contributed by atoms with E-state index < -0.39 is 11.8 Å². The van der Waals surface area contributed by atoms with E-state index in [1.165, 1.54) is 0 Å². The molecule has 0 spiro atoms. The second-order valence-corrected chi connectivity index (χ2v) is 6.64. The topological polar surface area (TPSA) is 71.1 Å². The molecular weight excluding hydrogens is 310 g/mol. The lowest BCUT2D eigenvalue weighted by Gasteiger charge is -2.11. The number of nitrogens with zero attached hydrogens (tertiary/aromatic N) is 1. The van der Waals surface area contributed by atoms with E-state index in [-0.39, 0.29) is 6.04 Å². The molecule has 120 valence electrons. The van der Waals surface area contributed by atoms with Gasteiger partial charge in [0.2, 0.25) is 0 Å². The SMILES string of the molecule is Cc1csc(-c2ccc(NC(=O)C(=O)NC3CCCC3)cc2)n1. The second-order valence-electron chi connectivity index (χ2n) is 5.78. The van der Waals surface area contributed by atoms with E-state index in [0.717, 1.165) is 41.9 Å². The molecule has 2 amide bonds. The van der Waals surface area contributed by atoms with Crippen molar-refractivity contribution in [3.63, 3.8) is 0 Å². The first-order chi connectivity index (χ1) is 11.1. The highest BCUT2D eigenvalue weighted by atomic mass is 32.1. The van der Waals surface area contributed by atoms with Gasteiger partial charge in [-0.2, -0.15) is 0 Å². The van der Waals surface area contributed by atoms with E-state index >= 15 is 0 Å². The van der Waals surface area contributed by atoms with Gasteiger partial charge in [-0.1, -0.05) is 12.8 Å². The van der Waals surface area contributed by atoms with Crippen molar-refractivity contribution in [2.45, 2.75) is 38.6 Å². The standard InChI is InChI=1S/C17H19N3O2S/c1-11-10-23-17(18-11)12-6-8-14(9-7-12)20-16(22)15(21)19-13-4-2-3-5-13/h6-10,13H,2-5H2,1H3,(H,19,21)(H,20,22). The van der Waals surface area contributed by atoms with Crippen LogP contribution >= 0.6 is 11.3 Å². The fourth-order valence-electron chi connectivity index (χ4n) is 2.69. The third-order valence-electron chi connectivity index (χ3n) is 3.91. The van der Waals surface area contributed by atoms with Crippen LogP contribution in [0.5, 0.6) is 0 Å². The van der Waals surface area contributed by atoms with Crippen LogP contribution in [0, 0.1) is 6.92 Å². The molecule has 2 aromatic rings. The summed E-state index contributed by atoms with van der Waals surface area (Å²) < 4.78 is 0. The number of rotatable bonds is 3. The van der Waals surface area contributed by atoms with Crippen LogP contribution in [-0.4, -0.2) is 22.8 Å². The maximum absolute atomic E-state index is 11.9. The molecule has 5 nitrogen and oxygen atoms in total. The first-order valence-corrected chi connectivity index (χ1v) is 8.64. The first kappa shape index (κ1) is 15.7. The van der Waals surface area contributed by atoms with Gasteiger partial charge in [-0.25, -0.2) is 4.98 Å². The molecule has 0 bridgehead atoms. The Kier molecular flexibility index (Phi) is 4.71. The Morgan fingerprint density at radius 3 is 2.43 bits per heavy atom. The van der Waals surface area contributed by atoms with Crippen molar-refractivity contribution in [3.8, 4) is 10.6 Å². The number of aromatic nitrogens is 1. The molecule has 2 N–H and O–H groups in total. The summed E-state index contributed by atoms with van der Waals surface area (Å²) in [6, 6.07) is 7.49. The van der Waals surface area contributed by atoms with Gasteiger partial charge in [-0.15, -0.1) is 11.3 Å². The highest BCUT2D eigenvalue weighted by molar-refractivity contribution is 7.13. The van der Waals surface area contributed by atoms with Crippen molar-refractivity contribution in [3.05, 3.63) is 35.3 Å². The zero-order valence-corrected chi connectivity index (χ0v) is 13.8. The average Bonchev–Trinajstić information content (AvgIpc) is 3.19. The van der Waals surface area contributed by atoms with Gasteiger partial charge < -0.3 is 10.6 Å². The monoisotopic (exact) mass is 329 g/mol. The molecule has 3 rings (SSSR count). The minimum atomic E-state index is -0.616. The van der Waals surface area contributed by atoms with Gasteiger partial charge in [-0.05, 0) is 44.0 Å². The molecule has 6 heteroatoms. The molecule has 1 saturated carbocycles. The number of carbonyl (C=O) groups is 2. The zero-order valence-electron chi connectivity index (χ0n) is 13.0. The Bertz CT molecular complexity index is 703. The highest BCUT2D eigenvalue weighted by Gasteiger charge is 2.21. The van der Waals surface area contributed by atoms with Crippen molar-refractivity contribution in [2.75, 3.05) is 5.32 Å². The fourth-order valence-corrected chi connectivity index (χ4v) is 3.50. The van der Waals surface area contributed by atoms with Crippen LogP contribution in [0.25, 0.3) is 10.6 Å². The average molecular weight is 329 g/mol. The van der Waals surface area contributed by atoms with Crippen LogP contribution in [0.2, 0.25) is 0 Å². The number of benzene rings is 1. The van der Waals surface area contributed by atoms with E-state index in [1.54, 1.807) is 23.5 Å². The van der Waals surface area contributed by atoms with E-state index in [1.807, 2.05) is 24.4 Å². The molecule has 1 aromatic carbocycles. The molecule has 0 radical (unpaired) electrons. The zero-order chi connectivity index (χ0) is 16.2. The number of thiazole rings is 1. The number of hydrogen-bond donors (Lipinski definition) is 2. The van der Waals surface area contributed by atoms with E-state index in [0.29, 0.717) is 5.69 Å². The summed E-state index contributed by atoms with van der Waals surface area (Å²) in [5, 5.41) is 8.35. The Morgan fingerprint density at radius 2 is 1.83 bits per heavy atom. The third kappa shape index (κ3) is 3.96. The van der Waals surface area contributed by atoms with Crippen molar-refractivity contribution in [2.24, 2.45) is 0 Å². The Morgan fingerprint density at radius 1 is 1.13 bits per heavy atom. The summed E-state index contributed by atoms with van der Waals surface area (Å²) in [5.74, 6) is -1.17. The fraction of sp³-hybridized carbons (Fsp3) is 0.353. The summed E-state index contributed by atoms with van der Waals surface area (Å²) in [5.41, 5.74) is 2.59. The third-order valence-corrected chi connectivity index (χ3v) is 4.91. The maximum atomic E-state index is 11.9. The van der Waals surface area contributed by atoms with Crippen LogP contribution in [0.15, 0.2) is 29.6 Å². The quantitative estimate of drug-likeness (QED) is 0.850. The number of hydrogen-bond acceptors (Lipinski definition) is 4. The van der Waals surface area contributed by atoms with Crippen molar-refractivity contribution < 1.29 is 9.59 Å². The van der Waals surface area contributed by atoms with Crippen LogP contribution < -0.4 is 10.6 Å². The Balaban J connectivity index is 1.59. The smallest absolute Gasteiger partial charge is 0.313 e. The molecule has 1 fully saturated rings. The predicted molar refractivity (Wildman–Crippen MR) is 91.3 cm³/mol. The lowest BCUT2D eigenvalue weighted by molar-refractivity contribution is -0.136. The molecule has 0 atom stereocenters. The van der Waals surface area contributed by atoms with Gasteiger partial charge in [0.05, 0.1) is 0 Å². The number of anilines is 1. The van der Waals surface area contributed by atoms with Gasteiger partial charge in [0.25, 0.3) is 0 Å². The maximum Gasteiger partial charge on any atom is 0.313 e. The van der Waals surface area contributed by atoms with E-state index in [9.17, 15) is 9.59 Å². The molecule has 1 heterocycles. The lowest BCUT2D eigenvalue weighted by Crippen LogP contribution is -2.40. The highest BCUT2D eigenvalue weighted by Crippen LogP contribution is 2.24. The predicted octanol–water partition coefficient (Wildman–Crippen LogP) is 3.12. The van der Waals surface area contributed by atoms with Crippen LogP contribution in [0.4, 0.5) is 5.69 Å². The van der Waals surface area contributed by atoms with Gasteiger partial charge in [0.1, 0.15) is 5.01 Å². The van der Waals surface area contributed by atoms with Crippen molar-refractivity contribution >= 4 is 28.8 Å². The molecule has 0 aliphatic heterocycles. The van der Waals surface area contributed by atoms with Crippen LogP contribution in [0.3, 0.4) is 0 Å². The first-order valence-electron chi connectivity index (χ1n) is 7.76. The summed E-state index contributed by atoms with van der Waals surface area (Å²) >= 11 is 1.58. The van der Waals surface area contributed by atoms with Crippen LogP contribution in [-0.2, 0) is 9.59 Å². The molecule has 1 aromatic heterocycles. The van der Waals surface area contributed by atoms with E-state index in [4.69, 9.17) is 0 Å². The van der Waals surface area contributed by atoms with Crippen molar-refractivity contribution in [1.82, 2.24) is 10.3 Å². The molecule has 1 aliphatic rings. The Hall–Kier alpha value is -2.21. The van der Waals surface area contributed by atoms with Crippen molar-refractivity contribution in [1.29, 1.82) is 0 Å². The molecule has 23 heavy (non-hydrogen) atoms. The summed E-state index contributed by atoms with van der Waals surface area (Å²) in [4.78, 5) is 28.2. The summed E-state index contributed by atoms with van der Waals surface area (Å²) in [6.07, 6.45) is 4.15. The van der Waals surface area contributed by atoms with Crippen LogP contribution in [0.1, 0.15) is 31.4 Å². The lowest BCUT2D eigenvalue weighted by atomic mass is 10.2. The molecule has 0 saturated heterocycles. The minimum Gasteiger partial charge on any atom is -0.345 e. The number of carbonyl (C=O) groups excluding carboxylic acids is 2. The van der Waals surface area contributed by atoms with Gasteiger partial charge in [0.15, 0.2) is 0 Å². The molecule has 0 unspecified atom stereocenters. The van der Waals surface area contributed by atoms with Gasteiger partial charge >= 0.3 is 11.8 Å². The second kappa shape index (κ2) is 6.91. The largest absolute Gasteiger partial charge is 0.345 e. The number of aryl methyl sites for hydroxylation is 1. The molecule has 1 aliphatic carbocycles. The minimum absolute atomic E-state index is 0.142. The Labute approximate surface area is 139 Å². The number of nitrogens with one attached hydrogen (secondary N) is 2. The molecular formula is C17H19N3O2S. The van der Waals surface area contributed by atoms with Gasteiger partial charge in [-0.3, -0.25) is 9.59 Å². The van der Waals surface area contributed by atoms with Gasteiger partial charge in [0, 0.05) is 28.4 Å². The summed E-state index contributed by atoms with van der Waals surface area (Å²) in [7, 11) is 0. The van der Waals surface area contributed by atoms with E-state index in [2.05, 4.69) is 15.6 Å². The normalized spacial score (nSPS) is 14.7.